The summed E-state index contributed by atoms with van der Waals surface area (Å²) in [6.45, 7) is 0.201. The smallest absolute Gasteiger partial charge is 0.451 e. The lowest BCUT2D eigenvalue weighted by Crippen LogP contribution is -2.13. The van der Waals surface area contributed by atoms with Crippen molar-refractivity contribution >= 4 is 34.3 Å². The van der Waals surface area contributed by atoms with Crippen LogP contribution in [0.2, 0.25) is 5.02 Å². The molecule has 0 aliphatic carbocycles. The van der Waals surface area contributed by atoms with Crippen LogP contribution in [0.5, 0.6) is 0 Å². The third-order valence-corrected chi connectivity index (χ3v) is 5.03. The zero-order valence-corrected chi connectivity index (χ0v) is 17.1. The minimum atomic E-state index is -4.70. The summed E-state index contributed by atoms with van der Waals surface area (Å²) < 4.78 is 39.7. The maximum Gasteiger partial charge on any atom is 0.451 e. The van der Waals surface area contributed by atoms with Crippen molar-refractivity contribution in [1.29, 1.82) is 0 Å². The third kappa shape index (κ3) is 4.50. The number of nitrogens with one attached hydrogen (secondary N) is 1. The number of rotatable bonds is 5. The Morgan fingerprint density at radius 3 is 2.41 bits per heavy atom. The molecule has 0 aliphatic rings. The van der Waals surface area contributed by atoms with Gasteiger partial charge in [-0.1, -0.05) is 54.1 Å². The molecular weight excluding hydrogens is 443 g/mol. The van der Waals surface area contributed by atoms with Gasteiger partial charge in [-0.05, 0) is 41.0 Å². The normalized spacial score (nSPS) is 11.5. The van der Waals surface area contributed by atoms with Gasteiger partial charge in [0.05, 0.1) is 11.1 Å². The Morgan fingerprint density at radius 2 is 1.72 bits per heavy atom. The summed E-state index contributed by atoms with van der Waals surface area (Å²) in [5, 5.41) is 13.0. The van der Waals surface area contributed by atoms with Crippen molar-refractivity contribution < 1.29 is 23.1 Å². The van der Waals surface area contributed by atoms with Gasteiger partial charge in [0.2, 0.25) is 5.82 Å². The number of alkyl halides is 3. The molecule has 32 heavy (non-hydrogen) atoms. The standard InChI is InChI=1S/C23H15ClF3N3O2/c24-15-9-10-18-19(11-15)29-22(23(25,26)27)30-20(18)28-12-13-5-7-14(8-6-13)16-3-1-2-4-17(16)21(31)32/h1-11H,12H2,(H,31,32)(H,28,29,30). The third-order valence-electron chi connectivity index (χ3n) is 4.79. The molecule has 0 unspecified atom stereocenters. The first-order valence-electron chi connectivity index (χ1n) is 9.42. The van der Waals surface area contributed by atoms with Crippen molar-refractivity contribution in [2.75, 3.05) is 5.32 Å². The lowest BCUT2D eigenvalue weighted by molar-refractivity contribution is -0.144. The molecule has 0 atom stereocenters. The molecular formula is C23H15ClF3N3O2. The first-order chi connectivity index (χ1) is 15.2. The zero-order chi connectivity index (χ0) is 22.9. The average Bonchev–Trinajstić information content (AvgIpc) is 2.76. The number of fused-ring (bicyclic) bond motifs is 1. The topological polar surface area (TPSA) is 75.1 Å². The quantitative estimate of drug-likeness (QED) is 0.369. The summed E-state index contributed by atoms with van der Waals surface area (Å²) in [5.41, 5.74) is 2.34. The van der Waals surface area contributed by atoms with Crippen LogP contribution in [0.15, 0.2) is 66.7 Å². The van der Waals surface area contributed by atoms with E-state index in [2.05, 4.69) is 15.3 Å². The molecule has 1 heterocycles. The van der Waals surface area contributed by atoms with Crippen molar-refractivity contribution in [2.24, 2.45) is 0 Å². The molecule has 0 fully saturated rings. The predicted molar refractivity (Wildman–Crippen MR) is 116 cm³/mol. The highest BCUT2D eigenvalue weighted by atomic mass is 35.5. The molecule has 5 nitrogen and oxygen atoms in total. The number of carbonyl (C=O) groups is 1. The van der Waals surface area contributed by atoms with E-state index in [1.165, 1.54) is 12.1 Å². The molecule has 1 aromatic heterocycles. The van der Waals surface area contributed by atoms with Crippen LogP contribution >= 0.6 is 11.6 Å². The van der Waals surface area contributed by atoms with E-state index in [0.717, 1.165) is 5.56 Å². The Hall–Kier alpha value is -3.65. The van der Waals surface area contributed by atoms with Crippen LogP contribution in [-0.4, -0.2) is 21.0 Å². The highest BCUT2D eigenvalue weighted by Gasteiger charge is 2.35. The number of anilines is 1. The van der Waals surface area contributed by atoms with Crippen LogP contribution in [-0.2, 0) is 12.7 Å². The van der Waals surface area contributed by atoms with Crippen molar-refractivity contribution in [3.8, 4) is 11.1 Å². The van der Waals surface area contributed by atoms with E-state index in [-0.39, 0.29) is 28.5 Å². The number of nitrogens with zero attached hydrogens (tertiary/aromatic N) is 2. The Morgan fingerprint density at radius 1 is 1.00 bits per heavy atom. The Kier molecular flexibility index (Phi) is 5.71. The van der Waals surface area contributed by atoms with Crippen LogP contribution in [0, 0.1) is 0 Å². The highest BCUT2D eigenvalue weighted by molar-refractivity contribution is 6.31. The second-order valence-corrected chi connectivity index (χ2v) is 7.39. The first-order valence-corrected chi connectivity index (χ1v) is 9.80. The number of halogens is 4. The van der Waals surface area contributed by atoms with E-state index < -0.39 is 18.0 Å². The van der Waals surface area contributed by atoms with Crippen molar-refractivity contribution in [1.82, 2.24) is 9.97 Å². The monoisotopic (exact) mass is 457 g/mol. The van der Waals surface area contributed by atoms with E-state index in [9.17, 15) is 23.1 Å². The summed E-state index contributed by atoms with van der Waals surface area (Å²) in [4.78, 5) is 18.7. The van der Waals surface area contributed by atoms with Crippen LogP contribution in [0.25, 0.3) is 22.0 Å². The van der Waals surface area contributed by atoms with Crippen LogP contribution < -0.4 is 5.32 Å². The van der Waals surface area contributed by atoms with Crippen LogP contribution in [0.4, 0.5) is 19.0 Å². The molecule has 0 radical (unpaired) electrons. The predicted octanol–water partition coefficient (Wildman–Crippen LogP) is 6.28. The van der Waals surface area contributed by atoms with E-state index in [0.29, 0.717) is 16.5 Å². The fourth-order valence-electron chi connectivity index (χ4n) is 3.27. The van der Waals surface area contributed by atoms with Gasteiger partial charge in [0.15, 0.2) is 0 Å². The van der Waals surface area contributed by atoms with Crippen molar-refractivity contribution in [3.05, 3.63) is 88.7 Å². The number of aromatic nitrogens is 2. The first kappa shape index (κ1) is 21.6. The van der Waals surface area contributed by atoms with Gasteiger partial charge >= 0.3 is 12.1 Å². The number of carboxylic acid groups (broad SMARTS) is 1. The Bertz CT molecular complexity index is 1310. The van der Waals surface area contributed by atoms with E-state index in [4.69, 9.17) is 11.6 Å². The molecule has 0 amide bonds. The minimum absolute atomic E-state index is 0.0410. The molecule has 4 rings (SSSR count). The molecule has 2 N–H and O–H groups in total. The van der Waals surface area contributed by atoms with Gasteiger partial charge in [-0.3, -0.25) is 0 Å². The van der Waals surface area contributed by atoms with Gasteiger partial charge in [0.1, 0.15) is 5.82 Å². The summed E-state index contributed by atoms with van der Waals surface area (Å²) in [7, 11) is 0. The van der Waals surface area contributed by atoms with Crippen LogP contribution in [0.3, 0.4) is 0 Å². The largest absolute Gasteiger partial charge is 0.478 e. The maximum atomic E-state index is 13.2. The summed E-state index contributed by atoms with van der Waals surface area (Å²) in [6.07, 6.45) is -4.70. The Labute approximate surface area is 185 Å². The number of benzene rings is 3. The number of hydrogen-bond acceptors (Lipinski definition) is 4. The van der Waals surface area contributed by atoms with E-state index in [1.54, 1.807) is 54.6 Å². The molecule has 0 aliphatic heterocycles. The van der Waals surface area contributed by atoms with E-state index >= 15 is 0 Å². The molecule has 0 saturated carbocycles. The average molecular weight is 458 g/mol. The molecule has 162 valence electrons. The zero-order valence-electron chi connectivity index (χ0n) is 16.3. The van der Waals surface area contributed by atoms with Crippen molar-refractivity contribution in [3.63, 3.8) is 0 Å². The fraction of sp³-hybridized carbons (Fsp3) is 0.0870. The van der Waals surface area contributed by atoms with Crippen LogP contribution in [0.1, 0.15) is 21.7 Å². The molecule has 4 aromatic rings. The van der Waals surface area contributed by atoms with Gasteiger partial charge in [0, 0.05) is 17.0 Å². The Balaban J connectivity index is 1.61. The molecule has 0 saturated heterocycles. The van der Waals surface area contributed by atoms with Gasteiger partial charge in [-0.2, -0.15) is 13.2 Å². The van der Waals surface area contributed by atoms with Crippen molar-refractivity contribution in [2.45, 2.75) is 12.7 Å². The fourth-order valence-corrected chi connectivity index (χ4v) is 3.44. The second kappa shape index (κ2) is 8.47. The summed E-state index contributed by atoms with van der Waals surface area (Å²) in [6, 6.07) is 18.2. The van der Waals surface area contributed by atoms with Gasteiger partial charge in [-0.15, -0.1) is 0 Å². The van der Waals surface area contributed by atoms with Gasteiger partial charge in [0.25, 0.3) is 0 Å². The second-order valence-electron chi connectivity index (χ2n) is 6.96. The highest BCUT2D eigenvalue weighted by Crippen LogP contribution is 2.31. The molecule has 0 spiro atoms. The number of carboxylic acids is 1. The van der Waals surface area contributed by atoms with E-state index in [1.807, 2.05) is 0 Å². The maximum absolute atomic E-state index is 13.2. The van der Waals surface area contributed by atoms with Gasteiger partial charge < -0.3 is 10.4 Å². The molecule has 0 bridgehead atoms. The lowest BCUT2D eigenvalue weighted by Gasteiger charge is -2.13. The number of hydrogen-bond donors (Lipinski definition) is 2. The summed E-state index contributed by atoms with van der Waals surface area (Å²) in [5.74, 6) is -2.24. The SMILES string of the molecule is O=C(O)c1ccccc1-c1ccc(CNc2nc(C(F)(F)F)nc3cc(Cl)ccc23)cc1. The minimum Gasteiger partial charge on any atom is -0.478 e. The van der Waals surface area contributed by atoms with Gasteiger partial charge in [-0.25, -0.2) is 14.8 Å². The lowest BCUT2D eigenvalue weighted by atomic mass is 9.99. The summed E-state index contributed by atoms with van der Waals surface area (Å²) >= 11 is 5.91. The molecule has 9 heteroatoms. The molecule has 3 aromatic carbocycles. The number of aromatic carboxylic acids is 1.